The lowest BCUT2D eigenvalue weighted by molar-refractivity contribution is 0.0736. The van der Waals surface area contributed by atoms with Crippen molar-refractivity contribution in [2.75, 3.05) is 13.1 Å². The highest BCUT2D eigenvalue weighted by molar-refractivity contribution is 5.90. The van der Waals surface area contributed by atoms with Crippen LogP contribution in [-0.4, -0.2) is 50.7 Å². The van der Waals surface area contributed by atoms with Crippen molar-refractivity contribution in [1.29, 1.82) is 0 Å². The van der Waals surface area contributed by atoms with Crippen molar-refractivity contribution in [3.63, 3.8) is 0 Å². The van der Waals surface area contributed by atoms with Crippen LogP contribution in [0.2, 0.25) is 0 Å². The Morgan fingerprint density at radius 2 is 2.00 bits per heavy atom. The number of benzene rings is 1. The number of aromatic nitrogens is 3. The van der Waals surface area contributed by atoms with Crippen molar-refractivity contribution in [3.8, 4) is 5.69 Å². The number of rotatable bonds is 3. The third-order valence-corrected chi connectivity index (χ3v) is 5.23. The van der Waals surface area contributed by atoms with Gasteiger partial charge in [0.25, 0.3) is 5.91 Å². The van der Waals surface area contributed by atoms with E-state index in [2.05, 4.69) is 15.4 Å². The second-order valence-corrected chi connectivity index (χ2v) is 7.49. The molecule has 3 heterocycles. The molecule has 6 nitrogen and oxygen atoms in total. The quantitative estimate of drug-likeness (QED) is 0.917. The molecule has 2 aromatic rings. The first-order valence-corrected chi connectivity index (χ1v) is 9.30. The molecule has 1 N–H and O–H groups in total. The van der Waals surface area contributed by atoms with Gasteiger partial charge in [-0.05, 0) is 31.4 Å². The predicted octanol–water partition coefficient (Wildman–Crippen LogP) is 2.50. The highest BCUT2D eigenvalue weighted by atomic mass is 19.1. The molecule has 4 rings (SSSR count). The molecule has 2 atom stereocenters. The van der Waals surface area contributed by atoms with E-state index in [1.54, 1.807) is 18.2 Å². The van der Waals surface area contributed by atoms with Crippen LogP contribution in [-0.2, 0) is 0 Å². The maximum Gasteiger partial charge on any atom is 0.293 e. The van der Waals surface area contributed by atoms with Crippen molar-refractivity contribution in [2.45, 2.75) is 51.1 Å². The van der Waals surface area contributed by atoms with Crippen LogP contribution in [0.5, 0.6) is 0 Å². The fourth-order valence-corrected chi connectivity index (χ4v) is 3.86. The van der Waals surface area contributed by atoms with Crippen LogP contribution in [0.4, 0.5) is 4.39 Å². The van der Waals surface area contributed by atoms with Crippen LogP contribution >= 0.6 is 0 Å². The maximum atomic E-state index is 14.2. The smallest absolute Gasteiger partial charge is 0.293 e. The zero-order valence-corrected chi connectivity index (χ0v) is 15.2. The predicted molar refractivity (Wildman–Crippen MR) is 95.9 cm³/mol. The molecule has 1 aromatic heterocycles. The number of halogens is 1. The summed E-state index contributed by atoms with van der Waals surface area (Å²) in [6, 6.07) is 7.29. The minimum absolute atomic E-state index is 0.0190. The number of nitrogens with zero attached hydrogens (tertiary/aromatic N) is 4. The lowest BCUT2D eigenvalue weighted by atomic mass is 10.1. The second-order valence-electron chi connectivity index (χ2n) is 7.49. The molecule has 2 aliphatic rings. The number of hydrogen-bond donors (Lipinski definition) is 1. The van der Waals surface area contributed by atoms with Crippen molar-refractivity contribution >= 4 is 5.91 Å². The van der Waals surface area contributed by atoms with Gasteiger partial charge < -0.3 is 10.2 Å². The molecule has 138 valence electrons. The number of amides is 1. The van der Waals surface area contributed by atoms with E-state index in [0.717, 1.165) is 12.8 Å². The first-order valence-electron chi connectivity index (χ1n) is 9.30. The van der Waals surface area contributed by atoms with Gasteiger partial charge in [0.2, 0.25) is 5.82 Å². The summed E-state index contributed by atoms with van der Waals surface area (Å²) in [5.41, 5.74) is 0.319. The molecular weight excluding hydrogens is 333 g/mol. The van der Waals surface area contributed by atoms with Crippen molar-refractivity contribution in [2.24, 2.45) is 0 Å². The zero-order chi connectivity index (χ0) is 18.3. The molecule has 7 heteroatoms. The number of likely N-dealkylation sites (tertiary alicyclic amines) is 1. The summed E-state index contributed by atoms with van der Waals surface area (Å²) in [7, 11) is 0. The highest BCUT2D eigenvalue weighted by Crippen LogP contribution is 2.23. The van der Waals surface area contributed by atoms with E-state index in [-0.39, 0.29) is 23.5 Å². The summed E-state index contributed by atoms with van der Waals surface area (Å²) in [5, 5.41) is 7.95. The molecular formula is C19H24FN5O. The van der Waals surface area contributed by atoms with Crippen molar-refractivity contribution in [3.05, 3.63) is 41.7 Å². The maximum absolute atomic E-state index is 14.2. The Labute approximate surface area is 152 Å². The Morgan fingerprint density at radius 3 is 2.77 bits per heavy atom. The Bertz CT molecular complexity index is 818. The van der Waals surface area contributed by atoms with E-state index in [1.807, 2.05) is 18.7 Å². The molecule has 1 aromatic carbocycles. The molecule has 2 bridgehead atoms. The van der Waals surface area contributed by atoms with E-state index in [0.29, 0.717) is 36.7 Å². The topological polar surface area (TPSA) is 63.1 Å². The molecule has 1 amide bonds. The second kappa shape index (κ2) is 6.79. The Morgan fingerprint density at radius 1 is 1.23 bits per heavy atom. The fourth-order valence-electron chi connectivity index (χ4n) is 3.86. The molecule has 0 spiro atoms. The summed E-state index contributed by atoms with van der Waals surface area (Å²) in [6.45, 7) is 5.31. The van der Waals surface area contributed by atoms with Crippen LogP contribution in [0.15, 0.2) is 24.3 Å². The Balaban J connectivity index is 1.66. The van der Waals surface area contributed by atoms with Gasteiger partial charge in [-0.1, -0.05) is 26.0 Å². The van der Waals surface area contributed by atoms with Gasteiger partial charge in [0.05, 0.1) is 0 Å². The molecule has 26 heavy (non-hydrogen) atoms. The molecule has 0 radical (unpaired) electrons. The first kappa shape index (κ1) is 17.1. The summed E-state index contributed by atoms with van der Waals surface area (Å²) in [4.78, 5) is 19.3. The van der Waals surface area contributed by atoms with Gasteiger partial charge >= 0.3 is 0 Å². The molecule has 0 aliphatic carbocycles. The Kier molecular flexibility index (Phi) is 4.48. The number of para-hydroxylation sites is 1. The van der Waals surface area contributed by atoms with Crippen LogP contribution in [0, 0.1) is 5.82 Å². The first-order chi connectivity index (χ1) is 12.5. The van der Waals surface area contributed by atoms with E-state index in [4.69, 9.17) is 0 Å². The fraction of sp³-hybridized carbons (Fsp3) is 0.526. The third-order valence-electron chi connectivity index (χ3n) is 5.23. The van der Waals surface area contributed by atoms with Gasteiger partial charge in [0.1, 0.15) is 17.3 Å². The van der Waals surface area contributed by atoms with E-state index in [9.17, 15) is 9.18 Å². The molecule has 0 saturated carbocycles. The van der Waals surface area contributed by atoms with Gasteiger partial charge in [-0.2, -0.15) is 0 Å². The lowest BCUT2D eigenvalue weighted by Crippen LogP contribution is -2.39. The normalized spacial score (nSPS) is 22.7. The number of carbonyl (C=O) groups is 1. The molecule has 2 saturated heterocycles. The SMILES string of the molecule is CC(C)c1nc(C(=O)N2CCC3CCC(C2)N3)nn1-c1ccccc1F. The van der Waals surface area contributed by atoms with Crippen LogP contribution < -0.4 is 5.32 Å². The van der Waals surface area contributed by atoms with Crippen LogP contribution in [0.1, 0.15) is 55.5 Å². The van der Waals surface area contributed by atoms with E-state index >= 15 is 0 Å². The largest absolute Gasteiger partial charge is 0.334 e. The Hall–Kier alpha value is -2.28. The minimum atomic E-state index is -0.380. The van der Waals surface area contributed by atoms with Gasteiger partial charge in [-0.15, -0.1) is 5.10 Å². The monoisotopic (exact) mass is 357 g/mol. The van der Waals surface area contributed by atoms with Crippen LogP contribution in [0.3, 0.4) is 0 Å². The average molecular weight is 357 g/mol. The molecule has 2 unspecified atom stereocenters. The minimum Gasteiger partial charge on any atom is -0.334 e. The van der Waals surface area contributed by atoms with Gasteiger partial charge in [0.15, 0.2) is 0 Å². The summed E-state index contributed by atoms with van der Waals surface area (Å²) in [6.07, 6.45) is 3.24. The number of hydrogen-bond acceptors (Lipinski definition) is 4. The molecule has 2 fully saturated rings. The molecule has 2 aliphatic heterocycles. The van der Waals surface area contributed by atoms with Crippen LogP contribution in [0.25, 0.3) is 5.69 Å². The standard InChI is InChI=1S/C19H24FN5O/c1-12(2)18-22-17(23-25(18)16-6-4-3-5-15(16)20)19(26)24-10-9-13-7-8-14(11-24)21-13/h3-6,12-14,21H,7-11H2,1-2H3. The number of nitrogens with one attached hydrogen (secondary N) is 1. The average Bonchev–Trinajstić information content (AvgIpc) is 3.18. The summed E-state index contributed by atoms with van der Waals surface area (Å²) < 4.78 is 15.7. The van der Waals surface area contributed by atoms with Gasteiger partial charge in [-0.25, -0.2) is 14.1 Å². The van der Waals surface area contributed by atoms with E-state index in [1.165, 1.54) is 17.2 Å². The van der Waals surface area contributed by atoms with E-state index < -0.39 is 0 Å². The third kappa shape index (κ3) is 3.11. The zero-order valence-electron chi connectivity index (χ0n) is 15.2. The summed E-state index contributed by atoms with van der Waals surface area (Å²) >= 11 is 0. The van der Waals surface area contributed by atoms with Crippen molar-refractivity contribution < 1.29 is 9.18 Å². The van der Waals surface area contributed by atoms with Gasteiger partial charge in [-0.3, -0.25) is 4.79 Å². The number of fused-ring (bicyclic) bond motifs is 2. The highest BCUT2D eigenvalue weighted by Gasteiger charge is 2.33. The van der Waals surface area contributed by atoms with Gasteiger partial charge in [0, 0.05) is 31.1 Å². The number of carbonyl (C=O) groups excluding carboxylic acids is 1. The lowest BCUT2D eigenvalue weighted by Gasteiger charge is -2.22. The summed E-state index contributed by atoms with van der Waals surface area (Å²) in [5.74, 6) is 0.207. The van der Waals surface area contributed by atoms with Crippen molar-refractivity contribution in [1.82, 2.24) is 25.0 Å².